The Morgan fingerprint density at radius 3 is 2.67 bits per heavy atom. The number of carbonyl (C=O) groups is 1. The fourth-order valence-corrected chi connectivity index (χ4v) is 2.31. The molecule has 1 rings (SSSR count). The molecule has 0 fully saturated rings. The number of carboxylic acid groups (broad SMARTS) is 1. The molecule has 0 saturated carbocycles. The quantitative estimate of drug-likeness (QED) is 0.608. The standard InChI is InChI=1S/C16H25NO4/c1-12(2)10-16(3,20)11-17-8-9-21-14-7-5-4-6-13(14)15(18)19/h4-7,12,17,20H,8-11H2,1-3H3,(H,18,19). The number of carboxylic acids is 1. The zero-order chi connectivity index (χ0) is 15.9. The van der Waals surface area contributed by atoms with Crippen molar-refractivity contribution in [3.63, 3.8) is 0 Å². The second-order valence-corrected chi connectivity index (χ2v) is 5.92. The van der Waals surface area contributed by atoms with Crippen LogP contribution in [0, 0.1) is 5.92 Å². The Morgan fingerprint density at radius 1 is 1.38 bits per heavy atom. The molecule has 0 spiro atoms. The van der Waals surface area contributed by atoms with E-state index in [1.54, 1.807) is 25.1 Å². The SMILES string of the molecule is CC(C)CC(C)(O)CNCCOc1ccccc1C(=O)O. The fraction of sp³-hybridized carbons (Fsp3) is 0.562. The number of aromatic carboxylic acids is 1. The first-order chi connectivity index (χ1) is 9.82. The summed E-state index contributed by atoms with van der Waals surface area (Å²) in [5.41, 5.74) is -0.586. The summed E-state index contributed by atoms with van der Waals surface area (Å²) in [4.78, 5) is 11.0. The predicted molar refractivity (Wildman–Crippen MR) is 81.8 cm³/mol. The first-order valence-electron chi connectivity index (χ1n) is 7.20. The minimum Gasteiger partial charge on any atom is -0.491 e. The van der Waals surface area contributed by atoms with E-state index in [1.807, 2.05) is 0 Å². The van der Waals surface area contributed by atoms with Crippen LogP contribution in [0.2, 0.25) is 0 Å². The van der Waals surface area contributed by atoms with Crippen molar-refractivity contribution < 1.29 is 19.7 Å². The van der Waals surface area contributed by atoms with E-state index in [-0.39, 0.29) is 5.56 Å². The van der Waals surface area contributed by atoms with Crippen LogP contribution in [0.4, 0.5) is 0 Å². The third-order valence-corrected chi connectivity index (χ3v) is 3.01. The van der Waals surface area contributed by atoms with Gasteiger partial charge < -0.3 is 20.3 Å². The summed E-state index contributed by atoms with van der Waals surface area (Å²) in [5.74, 6) is -0.209. The van der Waals surface area contributed by atoms with Crippen LogP contribution in [0.25, 0.3) is 0 Å². The molecule has 1 unspecified atom stereocenters. The van der Waals surface area contributed by atoms with Gasteiger partial charge >= 0.3 is 5.97 Å². The smallest absolute Gasteiger partial charge is 0.339 e. The Hall–Kier alpha value is -1.59. The zero-order valence-electron chi connectivity index (χ0n) is 12.9. The Bertz CT molecular complexity index is 457. The van der Waals surface area contributed by atoms with Crippen LogP contribution >= 0.6 is 0 Å². The molecule has 0 aliphatic rings. The number of aliphatic hydroxyl groups is 1. The van der Waals surface area contributed by atoms with E-state index >= 15 is 0 Å². The molecule has 0 heterocycles. The maximum atomic E-state index is 11.0. The molecule has 0 aromatic heterocycles. The van der Waals surface area contributed by atoms with E-state index < -0.39 is 11.6 Å². The number of para-hydroxylation sites is 1. The van der Waals surface area contributed by atoms with Gasteiger partial charge in [-0.25, -0.2) is 4.79 Å². The maximum absolute atomic E-state index is 11.0. The second-order valence-electron chi connectivity index (χ2n) is 5.92. The molecule has 21 heavy (non-hydrogen) atoms. The van der Waals surface area contributed by atoms with Gasteiger partial charge in [0, 0.05) is 13.1 Å². The van der Waals surface area contributed by atoms with Crippen molar-refractivity contribution >= 4 is 5.97 Å². The Kier molecular flexibility index (Phi) is 6.65. The number of rotatable bonds is 9. The van der Waals surface area contributed by atoms with Crippen molar-refractivity contribution in [1.82, 2.24) is 5.32 Å². The van der Waals surface area contributed by atoms with Gasteiger partial charge in [0.05, 0.1) is 5.60 Å². The predicted octanol–water partition coefficient (Wildman–Crippen LogP) is 2.15. The lowest BCUT2D eigenvalue weighted by atomic mass is 9.94. The molecule has 1 aromatic rings. The van der Waals surface area contributed by atoms with Gasteiger partial charge in [0.1, 0.15) is 17.9 Å². The highest BCUT2D eigenvalue weighted by Gasteiger charge is 2.20. The van der Waals surface area contributed by atoms with Crippen LogP contribution in [-0.2, 0) is 0 Å². The summed E-state index contributed by atoms with van der Waals surface area (Å²) >= 11 is 0. The molecule has 118 valence electrons. The van der Waals surface area contributed by atoms with Crippen molar-refractivity contribution in [2.45, 2.75) is 32.8 Å². The van der Waals surface area contributed by atoms with Gasteiger partial charge in [-0.2, -0.15) is 0 Å². The van der Waals surface area contributed by atoms with Crippen molar-refractivity contribution in [3.8, 4) is 5.75 Å². The highest BCUT2D eigenvalue weighted by Crippen LogP contribution is 2.17. The van der Waals surface area contributed by atoms with E-state index in [2.05, 4.69) is 19.2 Å². The first-order valence-corrected chi connectivity index (χ1v) is 7.20. The van der Waals surface area contributed by atoms with Gasteiger partial charge in [-0.1, -0.05) is 26.0 Å². The molecule has 0 aliphatic carbocycles. The average molecular weight is 295 g/mol. The lowest BCUT2D eigenvalue weighted by Crippen LogP contribution is -2.40. The molecule has 0 aliphatic heterocycles. The number of hydrogen-bond donors (Lipinski definition) is 3. The molecule has 1 atom stereocenters. The van der Waals surface area contributed by atoms with Crippen LogP contribution < -0.4 is 10.1 Å². The molecule has 0 radical (unpaired) electrons. The summed E-state index contributed by atoms with van der Waals surface area (Å²) in [6.07, 6.45) is 0.725. The van der Waals surface area contributed by atoms with Crippen molar-refractivity contribution in [1.29, 1.82) is 0 Å². The number of hydrogen-bond acceptors (Lipinski definition) is 4. The summed E-state index contributed by atoms with van der Waals surface area (Å²) in [6.45, 7) is 7.32. The third kappa shape index (κ3) is 6.60. The lowest BCUT2D eigenvalue weighted by molar-refractivity contribution is 0.0380. The minimum atomic E-state index is -1.00. The highest BCUT2D eigenvalue weighted by molar-refractivity contribution is 5.90. The van der Waals surface area contributed by atoms with Gasteiger partial charge in [0.15, 0.2) is 0 Å². The minimum absolute atomic E-state index is 0.157. The van der Waals surface area contributed by atoms with Gasteiger partial charge in [-0.05, 0) is 31.4 Å². The molecular weight excluding hydrogens is 270 g/mol. The summed E-state index contributed by atoms with van der Waals surface area (Å²) in [6, 6.07) is 6.55. The molecule has 3 N–H and O–H groups in total. The van der Waals surface area contributed by atoms with E-state index in [1.165, 1.54) is 6.07 Å². The van der Waals surface area contributed by atoms with Gasteiger partial charge in [-0.3, -0.25) is 0 Å². The largest absolute Gasteiger partial charge is 0.491 e. The maximum Gasteiger partial charge on any atom is 0.339 e. The monoisotopic (exact) mass is 295 g/mol. The van der Waals surface area contributed by atoms with Crippen molar-refractivity contribution in [2.24, 2.45) is 5.92 Å². The van der Waals surface area contributed by atoms with E-state index in [4.69, 9.17) is 9.84 Å². The molecule has 5 heteroatoms. The Labute approximate surface area is 125 Å². The Morgan fingerprint density at radius 2 is 2.05 bits per heavy atom. The van der Waals surface area contributed by atoms with Crippen LogP contribution in [0.5, 0.6) is 5.75 Å². The molecular formula is C16H25NO4. The third-order valence-electron chi connectivity index (χ3n) is 3.01. The summed E-state index contributed by atoms with van der Waals surface area (Å²) in [7, 11) is 0. The van der Waals surface area contributed by atoms with Crippen LogP contribution in [0.1, 0.15) is 37.6 Å². The van der Waals surface area contributed by atoms with Gasteiger partial charge in [-0.15, -0.1) is 0 Å². The summed E-state index contributed by atoms with van der Waals surface area (Å²) < 4.78 is 5.47. The van der Waals surface area contributed by atoms with Crippen LogP contribution in [0.15, 0.2) is 24.3 Å². The van der Waals surface area contributed by atoms with E-state index in [0.29, 0.717) is 31.4 Å². The molecule has 5 nitrogen and oxygen atoms in total. The van der Waals surface area contributed by atoms with Crippen LogP contribution in [0.3, 0.4) is 0 Å². The molecule has 0 saturated heterocycles. The van der Waals surface area contributed by atoms with E-state index in [9.17, 15) is 9.90 Å². The van der Waals surface area contributed by atoms with Crippen molar-refractivity contribution in [3.05, 3.63) is 29.8 Å². The Balaban J connectivity index is 2.34. The van der Waals surface area contributed by atoms with Crippen LogP contribution in [-0.4, -0.2) is 41.5 Å². The number of nitrogens with one attached hydrogen (secondary N) is 1. The molecule has 0 amide bonds. The second kappa shape index (κ2) is 8.00. The van der Waals surface area contributed by atoms with Gasteiger partial charge in [0.2, 0.25) is 0 Å². The molecule has 0 bridgehead atoms. The first kappa shape index (κ1) is 17.5. The lowest BCUT2D eigenvalue weighted by Gasteiger charge is -2.25. The van der Waals surface area contributed by atoms with E-state index in [0.717, 1.165) is 6.42 Å². The molecule has 1 aromatic carbocycles. The summed E-state index contributed by atoms with van der Waals surface area (Å²) in [5, 5.41) is 22.3. The average Bonchev–Trinajstić information content (AvgIpc) is 2.37. The number of benzene rings is 1. The fourth-order valence-electron chi connectivity index (χ4n) is 2.31. The zero-order valence-corrected chi connectivity index (χ0v) is 12.9. The van der Waals surface area contributed by atoms with Gasteiger partial charge in [0.25, 0.3) is 0 Å². The number of ether oxygens (including phenoxy) is 1. The van der Waals surface area contributed by atoms with Crippen molar-refractivity contribution in [2.75, 3.05) is 19.7 Å². The topological polar surface area (TPSA) is 78.8 Å². The highest BCUT2D eigenvalue weighted by atomic mass is 16.5. The normalized spacial score (nSPS) is 14.0.